The Bertz CT molecular complexity index is 1440. The minimum atomic E-state index is -0.108. The Kier molecular flexibility index (Phi) is 7.77. The summed E-state index contributed by atoms with van der Waals surface area (Å²) in [6.45, 7) is 8.75. The molecule has 0 radical (unpaired) electrons. The van der Waals surface area contributed by atoms with Gasteiger partial charge in [-0.25, -0.2) is 4.98 Å². The molecule has 2 aromatic heterocycles. The van der Waals surface area contributed by atoms with Gasteiger partial charge in [-0.05, 0) is 50.6 Å². The molecule has 37 heavy (non-hydrogen) atoms. The number of anilines is 1. The Labute approximate surface area is 217 Å². The highest BCUT2D eigenvalue weighted by atomic mass is 16.5. The van der Waals surface area contributed by atoms with Gasteiger partial charge >= 0.3 is 0 Å². The molecule has 1 fully saturated rings. The number of aryl methyl sites for hydroxylation is 1. The molecule has 3 aromatic rings. The molecule has 1 saturated heterocycles. The quantitative estimate of drug-likeness (QED) is 0.455. The lowest BCUT2D eigenvalue weighted by molar-refractivity contribution is 0.119. The first-order chi connectivity index (χ1) is 17.8. The largest absolute Gasteiger partial charge is 0.490 e. The van der Waals surface area contributed by atoms with E-state index in [1.165, 1.54) is 0 Å². The van der Waals surface area contributed by atoms with Crippen molar-refractivity contribution in [3.63, 3.8) is 0 Å². The minimum absolute atomic E-state index is 0.0841. The van der Waals surface area contributed by atoms with Crippen LogP contribution in [-0.2, 0) is 11.8 Å². The predicted octanol–water partition coefficient (Wildman–Crippen LogP) is 3.36. The van der Waals surface area contributed by atoms with Gasteiger partial charge < -0.3 is 18.9 Å². The monoisotopic (exact) mass is 500 g/mol. The molecule has 1 aromatic carbocycles. The van der Waals surface area contributed by atoms with Gasteiger partial charge in [0.15, 0.2) is 0 Å². The van der Waals surface area contributed by atoms with Gasteiger partial charge in [0.25, 0.3) is 5.56 Å². The number of hydrogen-bond donors (Lipinski definition) is 0. The highest BCUT2D eigenvalue weighted by Gasteiger charge is 2.34. The van der Waals surface area contributed by atoms with Crippen molar-refractivity contribution in [2.75, 3.05) is 38.3 Å². The molecule has 1 aliphatic heterocycles. The molecule has 3 heterocycles. The van der Waals surface area contributed by atoms with Crippen LogP contribution in [0.25, 0.3) is 11.0 Å². The predicted molar refractivity (Wildman–Crippen MR) is 142 cm³/mol. The minimum Gasteiger partial charge on any atom is -0.490 e. The third kappa shape index (κ3) is 5.15. The van der Waals surface area contributed by atoms with Gasteiger partial charge in [0.1, 0.15) is 35.7 Å². The van der Waals surface area contributed by atoms with Crippen molar-refractivity contribution in [1.29, 1.82) is 10.5 Å². The molecule has 0 spiro atoms. The number of nitrogens with zero attached hydrogens (tertiary/aromatic N) is 6. The van der Waals surface area contributed by atoms with Crippen LogP contribution in [0.4, 0.5) is 5.69 Å². The number of hydrogen-bond acceptors (Lipinski definition) is 8. The second kappa shape index (κ2) is 11.0. The summed E-state index contributed by atoms with van der Waals surface area (Å²) in [7, 11) is 3.34. The van der Waals surface area contributed by atoms with Gasteiger partial charge in [-0.2, -0.15) is 10.5 Å². The number of aromatic nitrogens is 2. The number of rotatable bonds is 7. The van der Waals surface area contributed by atoms with Crippen molar-refractivity contribution in [2.45, 2.75) is 38.9 Å². The average Bonchev–Trinajstić information content (AvgIpc) is 2.91. The van der Waals surface area contributed by atoms with Gasteiger partial charge in [0.05, 0.1) is 23.4 Å². The first kappa shape index (κ1) is 26.2. The van der Waals surface area contributed by atoms with Crippen LogP contribution in [0.2, 0.25) is 0 Å². The fourth-order valence-corrected chi connectivity index (χ4v) is 5.06. The maximum Gasteiger partial charge on any atom is 0.252 e. The van der Waals surface area contributed by atoms with Crippen LogP contribution in [0, 0.1) is 22.7 Å². The SMILES string of the molecule is COCCOc1cc(C(C)N2C[C@H](C)N(c3cc(=O)n(C)c4ccc(C#N)nc34)C[C@H]2C)ccc1C#N. The van der Waals surface area contributed by atoms with Crippen molar-refractivity contribution < 1.29 is 9.47 Å². The van der Waals surface area contributed by atoms with E-state index in [-0.39, 0.29) is 23.7 Å². The summed E-state index contributed by atoms with van der Waals surface area (Å²) in [4.78, 5) is 22.0. The molecule has 4 rings (SSSR count). The molecule has 0 bridgehead atoms. The first-order valence-electron chi connectivity index (χ1n) is 12.4. The van der Waals surface area contributed by atoms with Crippen molar-refractivity contribution >= 4 is 16.7 Å². The highest BCUT2D eigenvalue weighted by Crippen LogP contribution is 2.34. The number of piperazine rings is 1. The van der Waals surface area contributed by atoms with Gasteiger partial charge in [0.2, 0.25) is 0 Å². The number of fused-ring (bicyclic) bond motifs is 1. The summed E-state index contributed by atoms with van der Waals surface area (Å²) in [6.07, 6.45) is 0. The summed E-state index contributed by atoms with van der Waals surface area (Å²) in [5.74, 6) is 0.564. The third-order valence-electron chi connectivity index (χ3n) is 7.18. The number of nitriles is 2. The second-order valence-electron chi connectivity index (χ2n) is 9.53. The zero-order chi connectivity index (χ0) is 26.7. The van der Waals surface area contributed by atoms with Gasteiger partial charge in [-0.3, -0.25) is 9.69 Å². The Hall–Kier alpha value is -3.92. The van der Waals surface area contributed by atoms with E-state index in [1.54, 1.807) is 36.9 Å². The van der Waals surface area contributed by atoms with Crippen LogP contribution < -0.4 is 15.2 Å². The van der Waals surface area contributed by atoms with E-state index in [1.807, 2.05) is 18.2 Å². The molecule has 3 atom stereocenters. The maximum absolute atomic E-state index is 12.8. The normalized spacial score (nSPS) is 18.8. The molecule has 0 amide bonds. The van der Waals surface area contributed by atoms with Gasteiger partial charge in [0, 0.05) is 51.4 Å². The molecule has 1 aliphatic rings. The zero-order valence-electron chi connectivity index (χ0n) is 21.9. The van der Waals surface area contributed by atoms with E-state index in [9.17, 15) is 15.3 Å². The highest BCUT2D eigenvalue weighted by molar-refractivity contribution is 5.89. The van der Waals surface area contributed by atoms with Crippen LogP contribution in [-0.4, -0.2) is 59.9 Å². The lowest BCUT2D eigenvalue weighted by atomic mass is 9.99. The Morgan fingerprint density at radius 1 is 1.08 bits per heavy atom. The third-order valence-corrected chi connectivity index (χ3v) is 7.18. The van der Waals surface area contributed by atoms with E-state index in [4.69, 9.17) is 9.47 Å². The Balaban J connectivity index is 1.62. The topological polar surface area (TPSA) is 107 Å². The molecular weight excluding hydrogens is 468 g/mol. The second-order valence-corrected chi connectivity index (χ2v) is 9.53. The smallest absolute Gasteiger partial charge is 0.252 e. The Morgan fingerprint density at radius 2 is 1.86 bits per heavy atom. The zero-order valence-corrected chi connectivity index (χ0v) is 21.9. The van der Waals surface area contributed by atoms with Crippen molar-refractivity contribution in [3.05, 3.63) is 63.6 Å². The van der Waals surface area contributed by atoms with Crippen LogP contribution in [0.3, 0.4) is 0 Å². The fourth-order valence-electron chi connectivity index (χ4n) is 5.06. The van der Waals surface area contributed by atoms with E-state index in [0.29, 0.717) is 47.8 Å². The van der Waals surface area contributed by atoms with E-state index >= 15 is 0 Å². The molecule has 0 N–H and O–H groups in total. The number of methoxy groups -OCH3 is 1. The summed E-state index contributed by atoms with van der Waals surface area (Å²) in [5, 5.41) is 18.9. The number of pyridine rings is 2. The molecule has 1 unspecified atom stereocenters. The summed E-state index contributed by atoms with van der Waals surface area (Å²) in [5.41, 5.74) is 3.91. The summed E-state index contributed by atoms with van der Waals surface area (Å²) in [6, 6.07) is 15.5. The van der Waals surface area contributed by atoms with Crippen molar-refractivity contribution in [3.8, 4) is 17.9 Å². The lowest BCUT2D eigenvalue weighted by Gasteiger charge is -2.47. The van der Waals surface area contributed by atoms with Gasteiger partial charge in [-0.1, -0.05) is 6.07 Å². The van der Waals surface area contributed by atoms with Crippen LogP contribution in [0.15, 0.2) is 41.2 Å². The first-order valence-corrected chi connectivity index (χ1v) is 12.4. The van der Waals surface area contributed by atoms with Crippen LogP contribution in [0.5, 0.6) is 5.75 Å². The fraction of sp³-hybridized carbons (Fsp3) is 0.429. The number of ether oxygens (including phenoxy) is 2. The molecule has 9 heteroatoms. The Morgan fingerprint density at radius 3 is 2.57 bits per heavy atom. The molecule has 192 valence electrons. The molecule has 0 saturated carbocycles. The van der Waals surface area contributed by atoms with Crippen LogP contribution in [0.1, 0.15) is 43.6 Å². The molecular formula is C28H32N6O3. The summed E-state index contributed by atoms with van der Waals surface area (Å²) < 4.78 is 12.5. The average molecular weight is 501 g/mol. The summed E-state index contributed by atoms with van der Waals surface area (Å²) >= 11 is 0. The van der Waals surface area contributed by atoms with E-state index < -0.39 is 0 Å². The standard InChI is InChI=1S/C28H32N6O3/c1-18-17-34(25-13-27(35)32(4)24-9-8-23(15-30)31-28(24)25)19(2)16-33(18)20(3)21-6-7-22(14-29)26(12-21)37-11-10-36-5/h6-9,12-13,18-20H,10-11,16-17H2,1-5H3/t18-,19+,20?/m1/s1. The van der Waals surface area contributed by atoms with Crippen molar-refractivity contribution in [1.82, 2.24) is 14.5 Å². The van der Waals surface area contributed by atoms with E-state index in [0.717, 1.165) is 17.8 Å². The molecule has 9 nitrogen and oxygen atoms in total. The molecule has 0 aliphatic carbocycles. The van der Waals surface area contributed by atoms with Crippen molar-refractivity contribution in [2.24, 2.45) is 7.05 Å². The van der Waals surface area contributed by atoms with Gasteiger partial charge in [-0.15, -0.1) is 0 Å². The van der Waals surface area contributed by atoms with Crippen LogP contribution >= 0.6 is 0 Å². The van der Waals surface area contributed by atoms with E-state index in [2.05, 4.69) is 47.7 Å². The maximum atomic E-state index is 12.8. The number of benzene rings is 1. The lowest BCUT2D eigenvalue weighted by Crippen LogP contribution is -2.57.